The predicted molar refractivity (Wildman–Crippen MR) is 102 cm³/mol. The van der Waals surface area contributed by atoms with Crippen molar-refractivity contribution in [1.82, 2.24) is 20.3 Å². The number of hydrogen-bond donors (Lipinski definition) is 1. The molecular formula is C18H20N4O4S. The van der Waals surface area contributed by atoms with E-state index in [1.165, 1.54) is 17.4 Å². The number of carbonyl (C=O) groups is 1. The van der Waals surface area contributed by atoms with E-state index in [0.717, 1.165) is 9.56 Å². The summed E-state index contributed by atoms with van der Waals surface area (Å²) in [5.41, 5.74) is 1.43. The van der Waals surface area contributed by atoms with E-state index >= 15 is 0 Å². The molecule has 3 rings (SSSR count). The minimum absolute atomic E-state index is 0.161. The van der Waals surface area contributed by atoms with Crippen LogP contribution in [0.2, 0.25) is 0 Å². The van der Waals surface area contributed by atoms with E-state index in [2.05, 4.69) is 15.6 Å². The zero-order valence-corrected chi connectivity index (χ0v) is 16.1. The lowest BCUT2D eigenvalue weighted by molar-refractivity contribution is -0.122. The summed E-state index contributed by atoms with van der Waals surface area (Å²) in [4.78, 5) is 25.6. The lowest BCUT2D eigenvalue weighted by atomic mass is 10.1. The average molecular weight is 388 g/mol. The Morgan fingerprint density at radius 2 is 2.26 bits per heavy atom. The molecule has 0 spiro atoms. The molecule has 142 valence electrons. The van der Waals surface area contributed by atoms with Crippen LogP contribution < -0.4 is 10.9 Å². The number of methoxy groups -OCH3 is 1. The zero-order chi connectivity index (χ0) is 19.4. The summed E-state index contributed by atoms with van der Waals surface area (Å²) >= 11 is 1.49. The molecule has 3 aromatic rings. The molecule has 0 fully saturated rings. The number of hydrogen-bond acceptors (Lipinski definition) is 7. The predicted octanol–water partition coefficient (Wildman–Crippen LogP) is 2.09. The van der Waals surface area contributed by atoms with Crippen molar-refractivity contribution in [2.75, 3.05) is 13.7 Å². The summed E-state index contributed by atoms with van der Waals surface area (Å²) < 4.78 is 11.5. The van der Waals surface area contributed by atoms with Crippen LogP contribution in [0.15, 0.2) is 39.0 Å². The van der Waals surface area contributed by atoms with Gasteiger partial charge in [0.2, 0.25) is 5.91 Å². The summed E-state index contributed by atoms with van der Waals surface area (Å²) in [5.74, 6) is 0.153. The summed E-state index contributed by atoms with van der Waals surface area (Å²) in [6.45, 7) is 3.83. The topological polar surface area (TPSA) is 99.2 Å². The number of nitrogens with zero attached hydrogens (tertiary/aromatic N) is 3. The second kappa shape index (κ2) is 8.28. The minimum atomic E-state index is -0.395. The van der Waals surface area contributed by atoms with Crippen LogP contribution in [0.5, 0.6) is 0 Å². The number of aromatic nitrogens is 3. The van der Waals surface area contributed by atoms with Gasteiger partial charge in [-0.25, -0.2) is 4.68 Å². The largest absolute Gasteiger partial charge is 0.383 e. The van der Waals surface area contributed by atoms with Crippen molar-refractivity contribution in [1.29, 1.82) is 0 Å². The fourth-order valence-electron chi connectivity index (χ4n) is 2.63. The van der Waals surface area contributed by atoms with Crippen LogP contribution in [-0.4, -0.2) is 40.6 Å². The van der Waals surface area contributed by atoms with Gasteiger partial charge in [0.15, 0.2) is 5.76 Å². The van der Waals surface area contributed by atoms with Crippen LogP contribution in [0.25, 0.3) is 21.9 Å². The van der Waals surface area contributed by atoms with Crippen LogP contribution >= 0.6 is 11.3 Å². The molecule has 3 heterocycles. The molecule has 1 amide bonds. The molecule has 1 unspecified atom stereocenters. The third kappa shape index (κ3) is 4.50. The van der Waals surface area contributed by atoms with E-state index in [4.69, 9.17) is 9.26 Å². The van der Waals surface area contributed by atoms with E-state index in [1.54, 1.807) is 20.1 Å². The first-order chi connectivity index (χ1) is 13.0. The highest BCUT2D eigenvalue weighted by Gasteiger charge is 2.18. The Hall–Kier alpha value is -2.78. The molecule has 0 aliphatic carbocycles. The number of nitrogens with one attached hydrogen (secondary N) is 1. The van der Waals surface area contributed by atoms with Crippen molar-refractivity contribution in [3.8, 4) is 21.9 Å². The number of aryl methyl sites for hydroxylation is 1. The molecule has 1 N–H and O–H groups in total. The summed E-state index contributed by atoms with van der Waals surface area (Å²) in [6, 6.07) is 6.80. The number of rotatable bonds is 7. The first kappa shape index (κ1) is 19.0. The fourth-order valence-corrected chi connectivity index (χ4v) is 3.35. The number of thiophene rings is 1. The highest BCUT2D eigenvalue weighted by atomic mass is 32.1. The van der Waals surface area contributed by atoms with Crippen molar-refractivity contribution in [2.24, 2.45) is 0 Å². The SMILES string of the molecule is COCC(C)NC(=O)Cn1nc(-c2cccs2)c(-c2cc(C)no2)cc1=O. The van der Waals surface area contributed by atoms with Gasteiger partial charge in [0.05, 0.1) is 22.7 Å². The first-order valence-electron chi connectivity index (χ1n) is 8.36. The third-order valence-corrected chi connectivity index (χ3v) is 4.64. The Kier molecular flexibility index (Phi) is 5.82. The fraction of sp³-hybridized carbons (Fsp3) is 0.333. The Labute approximate surface area is 159 Å². The van der Waals surface area contributed by atoms with E-state index in [-0.39, 0.29) is 18.5 Å². The van der Waals surface area contributed by atoms with Crippen LogP contribution in [0.3, 0.4) is 0 Å². The van der Waals surface area contributed by atoms with Gasteiger partial charge in [-0.1, -0.05) is 11.2 Å². The molecule has 0 aliphatic rings. The Balaban J connectivity index is 1.96. The second-order valence-corrected chi connectivity index (χ2v) is 7.08. The standard InChI is InChI=1S/C18H20N4O4S/c1-11-7-14(26-21-11)13-8-17(24)22(9-16(23)19-12(2)10-25-3)20-18(13)15-5-4-6-27-15/h4-8,12H,9-10H2,1-3H3,(H,19,23). The zero-order valence-electron chi connectivity index (χ0n) is 15.3. The molecule has 0 bridgehead atoms. The summed E-state index contributed by atoms with van der Waals surface area (Å²) in [6.07, 6.45) is 0. The maximum Gasteiger partial charge on any atom is 0.268 e. The molecule has 0 aliphatic heterocycles. The van der Waals surface area contributed by atoms with Gasteiger partial charge < -0.3 is 14.6 Å². The molecule has 1 atom stereocenters. The monoisotopic (exact) mass is 388 g/mol. The lowest BCUT2D eigenvalue weighted by Gasteiger charge is -2.14. The van der Waals surface area contributed by atoms with Gasteiger partial charge in [-0.2, -0.15) is 5.10 Å². The first-order valence-corrected chi connectivity index (χ1v) is 9.24. The molecule has 0 saturated carbocycles. The number of carbonyl (C=O) groups excluding carboxylic acids is 1. The van der Waals surface area contributed by atoms with Crippen LogP contribution in [0.4, 0.5) is 0 Å². The van der Waals surface area contributed by atoms with Gasteiger partial charge in [-0.15, -0.1) is 11.3 Å². The van der Waals surface area contributed by atoms with E-state index in [1.807, 2.05) is 24.4 Å². The molecule has 0 saturated heterocycles. The van der Waals surface area contributed by atoms with E-state index in [0.29, 0.717) is 29.3 Å². The molecule has 27 heavy (non-hydrogen) atoms. The molecular weight excluding hydrogens is 368 g/mol. The highest BCUT2D eigenvalue weighted by Crippen LogP contribution is 2.32. The maximum atomic E-state index is 12.5. The summed E-state index contributed by atoms with van der Waals surface area (Å²) in [5, 5.41) is 13.0. The van der Waals surface area contributed by atoms with Crippen molar-refractivity contribution in [2.45, 2.75) is 26.4 Å². The second-order valence-electron chi connectivity index (χ2n) is 6.14. The van der Waals surface area contributed by atoms with Gasteiger partial charge in [0.1, 0.15) is 12.2 Å². The van der Waals surface area contributed by atoms with Crippen molar-refractivity contribution >= 4 is 17.2 Å². The molecule has 0 aromatic carbocycles. The van der Waals surface area contributed by atoms with Crippen LogP contribution in [0, 0.1) is 6.92 Å². The van der Waals surface area contributed by atoms with Crippen molar-refractivity contribution in [3.05, 3.63) is 45.7 Å². The Morgan fingerprint density at radius 1 is 1.44 bits per heavy atom. The van der Waals surface area contributed by atoms with E-state index < -0.39 is 5.56 Å². The maximum absolute atomic E-state index is 12.5. The summed E-state index contributed by atoms with van der Waals surface area (Å²) in [7, 11) is 1.56. The molecule has 8 nitrogen and oxygen atoms in total. The van der Waals surface area contributed by atoms with Gasteiger partial charge in [0.25, 0.3) is 5.56 Å². The molecule has 3 aromatic heterocycles. The van der Waals surface area contributed by atoms with Gasteiger partial charge >= 0.3 is 0 Å². The van der Waals surface area contributed by atoms with Crippen molar-refractivity contribution < 1.29 is 14.1 Å². The Morgan fingerprint density at radius 3 is 2.89 bits per heavy atom. The van der Waals surface area contributed by atoms with Gasteiger partial charge in [-0.3, -0.25) is 9.59 Å². The highest BCUT2D eigenvalue weighted by molar-refractivity contribution is 7.13. The average Bonchev–Trinajstić information content (AvgIpc) is 3.28. The van der Waals surface area contributed by atoms with Gasteiger partial charge in [-0.05, 0) is 25.3 Å². The number of amides is 1. The van der Waals surface area contributed by atoms with Crippen LogP contribution in [0.1, 0.15) is 12.6 Å². The smallest absolute Gasteiger partial charge is 0.268 e. The number of ether oxygens (including phenoxy) is 1. The Bertz CT molecular complexity index is 978. The van der Waals surface area contributed by atoms with Gasteiger partial charge in [0, 0.05) is 25.3 Å². The lowest BCUT2D eigenvalue weighted by Crippen LogP contribution is -2.40. The van der Waals surface area contributed by atoms with Crippen LogP contribution in [-0.2, 0) is 16.1 Å². The van der Waals surface area contributed by atoms with E-state index in [9.17, 15) is 9.59 Å². The quantitative estimate of drug-likeness (QED) is 0.665. The normalized spacial score (nSPS) is 12.1. The minimum Gasteiger partial charge on any atom is -0.383 e. The molecule has 9 heteroatoms. The third-order valence-electron chi connectivity index (χ3n) is 3.76. The molecule has 0 radical (unpaired) electrons. The van der Waals surface area contributed by atoms with Crippen molar-refractivity contribution in [3.63, 3.8) is 0 Å².